The third kappa shape index (κ3) is 5.32. The first kappa shape index (κ1) is 21.4. The molecule has 0 atom stereocenters. The molecule has 0 N–H and O–H groups in total. The van der Waals surface area contributed by atoms with Gasteiger partial charge < -0.3 is 4.74 Å². The Labute approximate surface area is 195 Å². The highest BCUT2D eigenvalue weighted by Gasteiger charge is 2.17. The minimum Gasteiger partial charge on any atom is -0.492 e. The zero-order valence-corrected chi connectivity index (χ0v) is 18.9. The van der Waals surface area contributed by atoms with E-state index < -0.39 is 0 Å². The summed E-state index contributed by atoms with van der Waals surface area (Å²) in [6.45, 7) is 4.78. The molecule has 1 saturated heterocycles. The molecule has 168 valence electrons. The molecule has 4 aromatic rings. The molecule has 5 nitrogen and oxygen atoms in total. The molecule has 1 fully saturated rings. The van der Waals surface area contributed by atoms with Crippen molar-refractivity contribution in [3.63, 3.8) is 0 Å². The topological polar surface area (TPSA) is 43.2 Å². The maximum Gasteiger partial charge on any atom is 0.121 e. The van der Waals surface area contributed by atoms with Crippen LogP contribution in [0.2, 0.25) is 0 Å². The lowest BCUT2D eigenvalue weighted by Crippen LogP contribution is -2.33. The molecule has 0 radical (unpaired) electrons. The number of ether oxygens (including phenoxy) is 1. The lowest BCUT2D eigenvalue weighted by Gasteiger charge is -2.26. The fourth-order valence-electron chi connectivity index (χ4n) is 4.44. The summed E-state index contributed by atoms with van der Waals surface area (Å²) < 4.78 is 8.03. The Hall–Kier alpha value is -3.44. The first-order chi connectivity index (χ1) is 16.4. The second-order valence-corrected chi connectivity index (χ2v) is 8.57. The number of rotatable bonds is 8. The number of aromatic nitrogens is 3. The first-order valence-electron chi connectivity index (χ1n) is 11.9. The van der Waals surface area contributed by atoms with Gasteiger partial charge in [-0.05, 0) is 55.8 Å². The number of nitrogens with zero attached hydrogens (tertiary/aromatic N) is 4. The molecule has 0 unspecified atom stereocenters. The molecule has 2 heterocycles. The van der Waals surface area contributed by atoms with Crippen molar-refractivity contribution >= 4 is 0 Å². The summed E-state index contributed by atoms with van der Waals surface area (Å²) in [7, 11) is 0. The molecule has 1 aromatic heterocycles. The van der Waals surface area contributed by atoms with Crippen molar-refractivity contribution in [2.75, 3.05) is 26.2 Å². The fourth-order valence-corrected chi connectivity index (χ4v) is 4.44. The van der Waals surface area contributed by atoms with Crippen LogP contribution in [0.1, 0.15) is 24.8 Å². The second-order valence-electron chi connectivity index (χ2n) is 8.57. The van der Waals surface area contributed by atoms with Crippen LogP contribution in [0.5, 0.6) is 5.75 Å². The van der Waals surface area contributed by atoms with E-state index in [0.717, 1.165) is 41.4 Å². The van der Waals surface area contributed by atoms with E-state index in [4.69, 9.17) is 4.74 Å². The van der Waals surface area contributed by atoms with E-state index in [1.165, 1.54) is 37.9 Å². The number of piperidine rings is 1. The average molecular weight is 439 g/mol. The third-order valence-corrected chi connectivity index (χ3v) is 6.21. The van der Waals surface area contributed by atoms with Crippen LogP contribution in [0.3, 0.4) is 0 Å². The van der Waals surface area contributed by atoms with Gasteiger partial charge in [-0.25, -0.2) is 4.68 Å². The summed E-state index contributed by atoms with van der Waals surface area (Å²) in [6, 6.07) is 29.0. The van der Waals surface area contributed by atoms with Gasteiger partial charge in [0.1, 0.15) is 18.1 Å². The smallest absolute Gasteiger partial charge is 0.121 e. The van der Waals surface area contributed by atoms with Gasteiger partial charge in [0.2, 0.25) is 0 Å². The number of likely N-dealkylation sites (tertiary alicyclic amines) is 1. The van der Waals surface area contributed by atoms with E-state index in [1.54, 1.807) is 0 Å². The van der Waals surface area contributed by atoms with Gasteiger partial charge in [-0.1, -0.05) is 72.3 Å². The Balaban J connectivity index is 1.37. The Kier molecular flexibility index (Phi) is 6.78. The quantitative estimate of drug-likeness (QED) is 0.363. The Morgan fingerprint density at radius 2 is 1.42 bits per heavy atom. The zero-order chi connectivity index (χ0) is 22.3. The number of hydrogen-bond donors (Lipinski definition) is 0. The maximum atomic E-state index is 6.04. The Bertz CT molecular complexity index is 1130. The number of benzene rings is 3. The molecule has 0 bridgehead atoms. The van der Waals surface area contributed by atoms with E-state index in [-0.39, 0.29) is 0 Å². The van der Waals surface area contributed by atoms with Crippen LogP contribution in [0.4, 0.5) is 0 Å². The summed E-state index contributed by atoms with van der Waals surface area (Å²) >= 11 is 0. The maximum absolute atomic E-state index is 6.04. The largest absolute Gasteiger partial charge is 0.492 e. The summed E-state index contributed by atoms with van der Waals surface area (Å²) in [5.74, 6) is 0.902. The van der Waals surface area contributed by atoms with Gasteiger partial charge in [-0.15, -0.1) is 5.10 Å². The molecule has 33 heavy (non-hydrogen) atoms. The molecule has 1 aliphatic rings. The summed E-state index contributed by atoms with van der Waals surface area (Å²) in [4.78, 5) is 2.50. The van der Waals surface area contributed by atoms with E-state index in [0.29, 0.717) is 6.54 Å². The van der Waals surface area contributed by atoms with E-state index in [2.05, 4.69) is 75.9 Å². The molecule has 0 amide bonds. The van der Waals surface area contributed by atoms with E-state index >= 15 is 0 Å². The summed E-state index contributed by atoms with van der Waals surface area (Å²) in [6.07, 6.45) is 3.98. The van der Waals surface area contributed by atoms with Crippen molar-refractivity contribution in [3.8, 4) is 28.3 Å². The standard InChI is InChI=1S/C28H30N4O/c1-4-10-23(11-5-1)22-32-28(27(29-30-32)24-12-6-2-7-13-24)25-14-16-26(17-15-25)33-21-20-31-18-8-3-9-19-31/h1-2,4-7,10-17H,3,8-9,18-22H2. The van der Waals surface area contributed by atoms with Crippen LogP contribution in [-0.2, 0) is 6.54 Å². The summed E-state index contributed by atoms with van der Waals surface area (Å²) in [5, 5.41) is 9.08. The van der Waals surface area contributed by atoms with Gasteiger partial charge in [0, 0.05) is 17.7 Å². The highest BCUT2D eigenvalue weighted by Crippen LogP contribution is 2.31. The van der Waals surface area contributed by atoms with Gasteiger partial charge in [0.15, 0.2) is 0 Å². The van der Waals surface area contributed by atoms with Crippen LogP contribution in [0, 0.1) is 0 Å². The van der Waals surface area contributed by atoms with Crippen molar-refractivity contribution in [1.82, 2.24) is 19.9 Å². The molecular weight excluding hydrogens is 408 g/mol. The van der Waals surface area contributed by atoms with Gasteiger partial charge in [0.25, 0.3) is 0 Å². The molecule has 5 heteroatoms. The third-order valence-electron chi connectivity index (χ3n) is 6.21. The van der Waals surface area contributed by atoms with E-state index in [1.807, 2.05) is 28.9 Å². The van der Waals surface area contributed by atoms with Crippen molar-refractivity contribution in [3.05, 3.63) is 90.5 Å². The number of hydrogen-bond acceptors (Lipinski definition) is 4. The van der Waals surface area contributed by atoms with Crippen LogP contribution >= 0.6 is 0 Å². The lowest BCUT2D eigenvalue weighted by molar-refractivity contribution is 0.183. The highest BCUT2D eigenvalue weighted by molar-refractivity contribution is 5.78. The zero-order valence-electron chi connectivity index (χ0n) is 18.9. The molecule has 1 aliphatic heterocycles. The predicted molar refractivity (Wildman–Crippen MR) is 132 cm³/mol. The monoisotopic (exact) mass is 438 g/mol. The van der Waals surface area contributed by atoms with Crippen LogP contribution in [0.15, 0.2) is 84.9 Å². The molecule has 0 spiro atoms. The van der Waals surface area contributed by atoms with Crippen molar-refractivity contribution in [2.45, 2.75) is 25.8 Å². The molecule has 5 rings (SSSR count). The van der Waals surface area contributed by atoms with Gasteiger partial charge in [-0.2, -0.15) is 0 Å². The minimum atomic E-state index is 0.671. The van der Waals surface area contributed by atoms with Gasteiger partial charge in [0.05, 0.1) is 12.2 Å². The highest BCUT2D eigenvalue weighted by atomic mass is 16.5. The minimum absolute atomic E-state index is 0.671. The van der Waals surface area contributed by atoms with Crippen molar-refractivity contribution < 1.29 is 4.74 Å². The summed E-state index contributed by atoms with van der Waals surface area (Å²) in [5.41, 5.74) is 5.25. The Morgan fingerprint density at radius 1 is 0.727 bits per heavy atom. The Morgan fingerprint density at radius 3 is 2.15 bits per heavy atom. The molecule has 3 aromatic carbocycles. The SMILES string of the molecule is c1ccc(Cn2nnc(-c3ccccc3)c2-c2ccc(OCCN3CCCCC3)cc2)cc1. The van der Waals surface area contributed by atoms with Gasteiger partial charge in [-0.3, -0.25) is 4.90 Å². The average Bonchev–Trinajstić information content (AvgIpc) is 3.30. The van der Waals surface area contributed by atoms with Crippen LogP contribution in [0.25, 0.3) is 22.5 Å². The van der Waals surface area contributed by atoms with Crippen molar-refractivity contribution in [2.24, 2.45) is 0 Å². The molecular formula is C28H30N4O. The van der Waals surface area contributed by atoms with Gasteiger partial charge >= 0.3 is 0 Å². The second kappa shape index (κ2) is 10.5. The van der Waals surface area contributed by atoms with Crippen LogP contribution < -0.4 is 4.74 Å². The fraction of sp³-hybridized carbons (Fsp3) is 0.286. The predicted octanol–water partition coefficient (Wildman–Crippen LogP) is 5.53. The normalized spacial score (nSPS) is 14.3. The van der Waals surface area contributed by atoms with E-state index in [9.17, 15) is 0 Å². The van der Waals surface area contributed by atoms with Crippen molar-refractivity contribution in [1.29, 1.82) is 0 Å². The lowest BCUT2D eigenvalue weighted by atomic mass is 10.0. The molecule has 0 aliphatic carbocycles. The van der Waals surface area contributed by atoms with Crippen LogP contribution in [-0.4, -0.2) is 46.1 Å². The first-order valence-corrected chi connectivity index (χ1v) is 11.9. The molecule has 0 saturated carbocycles.